The fourth-order valence-electron chi connectivity index (χ4n) is 6.34. The molecule has 6 rings (SSSR count). The third-order valence-electron chi connectivity index (χ3n) is 7.90. The molecule has 3 aromatic carbocycles. The molecule has 0 atom stereocenters. The average molecular weight is 471 g/mol. The maximum absolute atomic E-state index is 14.9. The zero-order valence-corrected chi connectivity index (χ0v) is 20.6. The summed E-state index contributed by atoms with van der Waals surface area (Å²) in [7, 11) is 1.99. The summed E-state index contributed by atoms with van der Waals surface area (Å²) in [6, 6.07) is 14.0. The number of fused-ring (bicyclic) bond motifs is 6. The van der Waals surface area contributed by atoms with E-state index in [0.717, 1.165) is 50.2 Å². The Bertz CT molecular complexity index is 1570. The summed E-state index contributed by atoms with van der Waals surface area (Å²) in [5.74, 6) is 0. The van der Waals surface area contributed by atoms with Crippen molar-refractivity contribution in [2.24, 2.45) is 7.05 Å². The highest BCUT2D eigenvalue weighted by atomic mass is 19.4. The van der Waals surface area contributed by atoms with Crippen LogP contribution in [0.15, 0.2) is 48.7 Å². The van der Waals surface area contributed by atoms with Gasteiger partial charge in [0.1, 0.15) is 7.05 Å². The van der Waals surface area contributed by atoms with Crippen molar-refractivity contribution in [3.05, 3.63) is 98.7 Å². The highest BCUT2D eigenvalue weighted by Gasteiger charge is 2.44. The summed E-state index contributed by atoms with van der Waals surface area (Å²) in [4.78, 5) is 0. The molecule has 2 aliphatic rings. The van der Waals surface area contributed by atoms with Crippen LogP contribution in [0.1, 0.15) is 50.1 Å². The van der Waals surface area contributed by atoms with Crippen molar-refractivity contribution < 1.29 is 17.7 Å². The second kappa shape index (κ2) is 7.30. The lowest BCUT2D eigenvalue weighted by molar-refractivity contribution is -0.660. The van der Waals surface area contributed by atoms with E-state index < -0.39 is 11.7 Å². The van der Waals surface area contributed by atoms with Crippen LogP contribution in [0.3, 0.4) is 0 Å². The number of aromatic nitrogens is 1. The lowest BCUT2D eigenvalue weighted by Crippen LogP contribution is -2.32. The Labute approximate surface area is 203 Å². The van der Waals surface area contributed by atoms with Crippen molar-refractivity contribution in [1.82, 2.24) is 0 Å². The molecule has 176 valence electrons. The van der Waals surface area contributed by atoms with Crippen LogP contribution in [-0.4, -0.2) is 0 Å². The van der Waals surface area contributed by atoms with Crippen LogP contribution >= 0.6 is 0 Å². The minimum absolute atomic E-state index is 0.367. The first-order chi connectivity index (χ1) is 16.6. The van der Waals surface area contributed by atoms with Crippen molar-refractivity contribution in [3.63, 3.8) is 0 Å². The molecule has 35 heavy (non-hydrogen) atoms. The third-order valence-corrected chi connectivity index (χ3v) is 7.90. The zero-order valence-electron chi connectivity index (χ0n) is 20.6. The lowest BCUT2D eigenvalue weighted by atomic mass is 9.88. The second-order valence-electron chi connectivity index (χ2n) is 10.2. The first kappa shape index (κ1) is 22.1. The maximum atomic E-state index is 14.9. The molecule has 0 bridgehead atoms. The SMILES string of the molecule is Cc1cc(C)c(C)c(-c2c3c(cc[n+]2C)-c2c(cc4c(c2C(F)(F)F)-c2c(C)cccc2C4)C3)c1. The Morgan fingerprint density at radius 1 is 0.743 bits per heavy atom. The van der Waals surface area contributed by atoms with Gasteiger partial charge in [-0.15, -0.1) is 0 Å². The van der Waals surface area contributed by atoms with Crippen LogP contribution in [0.2, 0.25) is 0 Å². The first-order valence-corrected chi connectivity index (χ1v) is 12.0. The molecule has 0 amide bonds. The molecule has 0 spiro atoms. The van der Waals surface area contributed by atoms with Crippen LogP contribution in [0.5, 0.6) is 0 Å². The molecule has 0 saturated carbocycles. The van der Waals surface area contributed by atoms with E-state index in [1.807, 2.05) is 50.5 Å². The smallest absolute Gasteiger partial charge is 0.201 e. The molecule has 0 N–H and O–H groups in total. The van der Waals surface area contributed by atoms with Crippen molar-refractivity contribution in [2.45, 2.75) is 46.7 Å². The monoisotopic (exact) mass is 470 g/mol. The Balaban J connectivity index is 1.69. The summed E-state index contributed by atoms with van der Waals surface area (Å²) in [6.07, 6.45) is -1.48. The number of nitrogens with zero attached hydrogens (tertiary/aromatic N) is 1. The molecule has 0 saturated heterocycles. The molecule has 0 radical (unpaired) electrons. The highest BCUT2D eigenvalue weighted by molar-refractivity contribution is 5.93. The number of hydrogen-bond donors (Lipinski definition) is 0. The second-order valence-corrected chi connectivity index (χ2v) is 10.2. The van der Waals surface area contributed by atoms with E-state index in [-0.39, 0.29) is 0 Å². The summed E-state index contributed by atoms with van der Waals surface area (Å²) in [5, 5.41) is 0. The van der Waals surface area contributed by atoms with Gasteiger partial charge in [-0.3, -0.25) is 0 Å². The largest absolute Gasteiger partial charge is 0.417 e. The van der Waals surface area contributed by atoms with Crippen LogP contribution in [0.25, 0.3) is 33.5 Å². The van der Waals surface area contributed by atoms with Gasteiger partial charge in [-0.1, -0.05) is 35.9 Å². The Hall–Kier alpha value is -3.40. The number of pyridine rings is 1. The quantitative estimate of drug-likeness (QED) is 0.218. The predicted molar refractivity (Wildman–Crippen MR) is 133 cm³/mol. The fourth-order valence-corrected chi connectivity index (χ4v) is 6.34. The van der Waals surface area contributed by atoms with Crippen LogP contribution < -0.4 is 4.57 Å². The predicted octanol–water partition coefficient (Wildman–Crippen LogP) is 7.57. The van der Waals surface area contributed by atoms with E-state index >= 15 is 0 Å². The van der Waals surface area contributed by atoms with Crippen molar-refractivity contribution in [2.75, 3.05) is 0 Å². The molecular formula is C31H27F3N+. The van der Waals surface area contributed by atoms with E-state index in [1.165, 1.54) is 11.1 Å². The highest BCUT2D eigenvalue weighted by Crippen LogP contribution is 2.54. The number of hydrogen-bond acceptors (Lipinski definition) is 0. The van der Waals surface area contributed by atoms with Gasteiger partial charge in [0.25, 0.3) is 0 Å². The molecular weight excluding hydrogens is 443 g/mol. The normalized spacial score (nSPS) is 13.5. The zero-order chi connectivity index (χ0) is 24.8. The van der Waals surface area contributed by atoms with Crippen molar-refractivity contribution in [3.8, 4) is 33.5 Å². The van der Waals surface area contributed by atoms with Gasteiger partial charge in [-0.05, 0) is 95.8 Å². The van der Waals surface area contributed by atoms with Crippen LogP contribution in [-0.2, 0) is 26.1 Å². The molecule has 1 nitrogen and oxygen atoms in total. The number of benzene rings is 3. The summed E-state index contributed by atoms with van der Waals surface area (Å²) in [5.41, 5.74) is 11.8. The number of halogens is 3. The van der Waals surface area contributed by atoms with E-state index in [4.69, 9.17) is 0 Å². The standard InChI is InChI=1S/C31H27F3N/c1-16-11-18(3)19(4)24(12-16)30-25-15-22-14-21-13-20-8-6-7-17(2)26(20)28(21)29(31(32,33)34)27(22)23(25)9-10-35(30)5/h6-12,14H,13,15H2,1-5H3/q+1. The summed E-state index contributed by atoms with van der Waals surface area (Å²) < 4.78 is 46.7. The molecule has 0 fully saturated rings. The van der Waals surface area contributed by atoms with Gasteiger partial charge in [0, 0.05) is 23.6 Å². The number of alkyl halides is 3. The molecule has 0 aliphatic heterocycles. The van der Waals surface area contributed by atoms with Gasteiger partial charge in [0.2, 0.25) is 5.69 Å². The minimum Gasteiger partial charge on any atom is -0.201 e. The van der Waals surface area contributed by atoms with Crippen molar-refractivity contribution >= 4 is 0 Å². The van der Waals surface area contributed by atoms with Crippen molar-refractivity contribution in [1.29, 1.82) is 0 Å². The van der Waals surface area contributed by atoms with E-state index in [2.05, 4.69) is 37.5 Å². The van der Waals surface area contributed by atoms with Gasteiger partial charge in [0.05, 0.1) is 5.56 Å². The molecule has 4 heteroatoms. The fraction of sp³-hybridized carbons (Fsp3) is 0.258. The number of aryl methyl sites for hydroxylation is 4. The van der Waals surface area contributed by atoms with E-state index in [1.54, 1.807) is 0 Å². The molecule has 1 heterocycles. The van der Waals surface area contributed by atoms with Gasteiger partial charge >= 0.3 is 6.18 Å². The summed E-state index contributed by atoms with van der Waals surface area (Å²) >= 11 is 0. The van der Waals surface area contributed by atoms with Crippen LogP contribution in [0.4, 0.5) is 13.2 Å². The minimum atomic E-state index is -4.45. The van der Waals surface area contributed by atoms with Gasteiger partial charge in [-0.25, -0.2) is 4.57 Å². The Morgan fingerprint density at radius 3 is 2.23 bits per heavy atom. The Kier molecular flexibility index (Phi) is 4.61. The molecule has 0 unspecified atom stereocenters. The van der Waals surface area contributed by atoms with Gasteiger partial charge in [0.15, 0.2) is 6.20 Å². The molecule has 1 aromatic heterocycles. The first-order valence-electron chi connectivity index (χ1n) is 12.0. The molecule has 2 aliphatic carbocycles. The number of rotatable bonds is 1. The van der Waals surface area contributed by atoms with Gasteiger partial charge in [-0.2, -0.15) is 13.2 Å². The van der Waals surface area contributed by atoms with E-state index in [9.17, 15) is 13.2 Å². The van der Waals surface area contributed by atoms with Gasteiger partial charge < -0.3 is 0 Å². The lowest BCUT2D eigenvalue weighted by Gasteiger charge is -2.19. The summed E-state index contributed by atoms with van der Waals surface area (Å²) in [6.45, 7) is 8.17. The van der Waals surface area contributed by atoms with Crippen LogP contribution in [0, 0.1) is 27.7 Å². The maximum Gasteiger partial charge on any atom is 0.417 e. The van der Waals surface area contributed by atoms with E-state index in [0.29, 0.717) is 29.5 Å². The topological polar surface area (TPSA) is 3.88 Å². The Morgan fingerprint density at radius 2 is 1.49 bits per heavy atom. The molecule has 4 aromatic rings. The third kappa shape index (κ3) is 3.12. The average Bonchev–Trinajstić information content (AvgIpc) is 3.32.